The zero-order valence-electron chi connectivity index (χ0n) is 18.2. The molecule has 2 amide bonds. The van der Waals surface area contributed by atoms with Gasteiger partial charge in [-0.15, -0.1) is 0 Å². The molecule has 5 atom stereocenters. The number of para-hydroxylation sites is 2. The Morgan fingerprint density at radius 1 is 0.968 bits per heavy atom. The summed E-state index contributed by atoms with van der Waals surface area (Å²) in [6.45, 7) is 6.80. The second-order valence-electron chi connectivity index (χ2n) is 8.56. The van der Waals surface area contributed by atoms with Crippen LogP contribution in [-0.4, -0.2) is 67.7 Å². The van der Waals surface area contributed by atoms with Crippen molar-refractivity contribution >= 4 is 17.5 Å². The van der Waals surface area contributed by atoms with Crippen LogP contribution in [0.4, 0.5) is 5.69 Å². The molecule has 3 heterocycles. The number of hydrogen-bond acceptors (Lipinski definition) is 8. The minimum atomic E-state index is -1.02. The molecular formula is C21H28N2O8. The Bertz CT molecular complexity index is 858. The van der Waals surface area contributed by atoms with E-state index in [0.717, 1.165) is 0 Å². The lowest BCUT2D eigenvalue weighted by molar-refractivity contribution is -0.231. The van der Waals surface area contributed by atoms with Gasteiger partial charge < -0.3 is 39.1 Å². The number of nitrogens with one attached hydrogen (secondary N) is 2. The van der Waals surface area contributed by atoms with E-state index in [-0.39, 0.29) is 6.54 Å². The molecule has 0 spiro atoms. The van der Waals surface area contributed by atoms with Gasteiger partial charge in [0.15, 0.2) is 24.0 Å². The highest BCUT2D eigenvalue weighted by Gasteiger charge is 2.62. The molecule has 3 aliphatic heterocycles. The van der Waals surface area contributed by atoms with Gasteiger partial charge >= 0.3 is 0 Å². The maximum atomic E-state index is 12.9. The quantitative estimate of drug-likeness (QED) is 0.707. The molecule has 0 aromatic heterocycles. The van der Waals surface area contributed by atoms with Crippen molar-refractivity contribution in [2.75, 3.05) is 19.0 Å². The number of hydrogen-bond donors (Lipinski definition) is 2. The van der Waals surface area contributed by atoms with E-state index < -0.39 is 54.1 Å². The number of fused-ring (bicyclic) bond motifs is 3. The summed E-state index contributed by atoms with van der Waals surface area (Å²) in [7, 11) is 1.51. The SMILES string of the molecule is COc1ccccc1NC(=O)CNC(=O)C1OC2OC(C)(C)OC2C2OC(C)(C)OC12. The van der Waals surface area contributed by atoms with Crippen LogP contribution in [0.2, 0.25) is 0 Å². The fraction of sp³-hybridized carbons (Fsp3) is 0.619. The Balaban J connectivity index is 1.41. The highest BCUT2D eigenvalue weighted by Crippen LogP contribution is 2.44. The van der Waals surface area contributed by atoms with E-state index in [4.69, 9.17) is 28.4 Å². The van der Waals surface area contributed by atoms with Crippen LogP contribution in [0.5, 0.6) is 5.75 Å². The third kappa shape index (κ3) is 4.53. The molecule has 10 heteroatoms. The molecule has 3 aliphatic rings. The van der Waals surface area contributed by atoms with Gasteiger partial charge in [0.05, 0.1) is 19.3 Å². The fourth-order valence-electron chi connectivity index (χ4n) is 4.03. The van der Waals surface area contributed by atoms with Crippen LogP contribution in [-0.2, 0) is 33.3 Å². The summed E-state index contributed by atoms with van der Waals surface area (Å²) in [6, 6.07) is 7.00. The molecule has 3 saturated heterocycles. The first-order valence-corrected chi connectivity index (χ1v) is 10.2. The van der Waals surface area contributed by atoms with Crippen molar-refractivity contribution in [1.29, 1.82) is 0 Å². The fourth-order valence-corrected chi connectivity index (χ4v) is 4.03. The van der Waals surface area contributed by atoms with Crippen LogP contribution in [0.3, 0.4) is 0 Å². The molecule has 0 bridgehead atoms. The van der Waals surface area contributed by atoms with E-state index in [1.165, 1.54) is 7.11 Å². The second-order valence-corrected chi connectivity index (χ2v) is 8.56. The van der Waals surface area contributed by atoms with Crippen molar-refractivity contribution in [2.45, 2.75) is 70.0 Å². The van der Waals surface area contributed by atoms with Gasteiger partial charge in [0.25, 0.3) is 5.91 Å². The minimum Gasteiger partial charge on any atom is -0.495 e. The lowest BCUT2D eigenvalue weighted by Gasteiger charge is -2.36. The summed E-state index contributed by atoms with van der Waals surface area (Å²) >= 11 is 0. The largest absolute Gasteiger partial charge is 0.495 e. The summed E-state index contributed by atoms with van der Waals surface area (Å²) in [4.78, 5) is 25.3. The van der Waals surface area contributed by atoms with Crippen LogP contribution >= 0.6 is 0 Å². The zero-order valence-corrected chi connectivity index (χ0v) is 18.2. The molecular weight excluding hydrogens is 408 g/mol. The molecule has 0 aliphatic carbocycles. The molecule has 1 aromatic carbocycles. The van der Waals surface area contributed by atoms with Crippen molar-refractivity contribution in [3.8, 4) is 5.75 Å². The lowest BCUT2D eigenvalue weighted by Crippen LogP contribution is -2.59. The highest BCUT2D eigenvalue weighted by atomic mass is 16.9. The predicted molar refractivity (Wildman–Crippen MR) is 107 cm³/mol. The monoisotopic (exact) mass is 436 g/mol. The van der Waals surface area contributed by atoms with Gasteiger partial charge in [-0.3, -0.25) is 9.59 Å². The Hall–Kier alpha value is -2.24. The highest BCUT2D eigenvalue weighted by molar-refractivity contribution is 5.96. The number of rotatable bonds is 5. The number of anilines is 1. The smallest absolute Gasteiger partial charge is 0.252 e. The number of ether oxygens (including phenoxy) is 6. The van der Waals surface area contributed by atoms with Gasteiger partial charge in [0, 0.05) is 0 Å². The summed E-state index contributed by atoms with van der Waals surface area (Å²) in [6.07, 6.45) is -3.59. The number of benzene rings is 1. The van der Waals surface area contributed by atoms with Crippen LogP contribution in [0.1, 0.15) is 27.7 Å². The number of amides is 2. The third-order valence-electron chi connectivity index (χ3n) is 5.22. The van der Waals surface area contributed by atoms with Crippen molar-refractivity contribution in [3.05, 3.63) is 24.3 Å². The molecule has 5 unspecified atom stereocenters. The molecule has 4 rings (SSSR count). The van der Waals surface area contributed by atoms with Crippen molar-refractivity contribution < 1.29 is 38.0 Å². The average molecular weight is 436 g/mol. The van der Waals surface area contributed by atoms with Crippen LogP contribution in [0, 0.1) is 0 Å². The summed E-state index contributed by atoms with van der Waals surface area (Å²) in [5.41, 5.74) is 0.508. The first kappa shape index (κ1) is 22.0. The first-order chi connectivity index (χ1) is 14.6. The van der Waals surface area contributed by atoms with Gasteiger partial charge in [-0.2, -0.15) is 0 Å². The molecule has 170 valence electrons. The molecule has 0 saturated carbocycles. The van der Waals surface area contributed by atoms with Gasteiger partial charge in [0.1, 0.15) is 24.1 Å². The van der Waals surface area contributed by atoms with Crippen molar-refractivity contribution in [2.24, 2.45) is 0 Å². The van der Waals surface area contributed by atoms with E-state index in [2.05, 4.69) is 10.6 Å². The molecule has 1 aromatic rings. The number of methoxy groups -OCH3 is 1. The van der Waals surface area contributed by atoms with Gasteiger partial charge in [-0.05, 0) is 39.8 Å². The van der Waals surface area contributed by atoms with Gasteiger partial charge in [0.2, 0.25) is 5.91 Å². The van der Waals surface area contributed by atoms with E-state index >= 15 is 0 Å². The van der Waals surface area contributed by atoms with Crippen LogP contribution in [0.25, 0.3) is 0 Å². The van der Waals surface area contributed by atoms with Crippen LogP contribution in [0.15, 0.2) is 24.3 Å². The Morgan fingerprint density at radius 3 is 2.35 bits per heavy atom. The van der Waals surface area contributed by atoms with E-state index in [1.54, 1.807) is 52.0 Å². The standard InChI is InChI=1S/C21H28N2O8/c1-20(2)28-14-15(29-20)17-19(31-21(3,4)30-17)27-16(14)18(25)22-10-13(24)23-11-8-6-7-9-12(11)26-5/h6-9,14-17,19H,10H2,1-5H3,(H,22,25)(H,23,24). The minimum absolute atomic E-state index is 0.255. The van der Waals surface area contributed by atoms with Crippen molar-refractivity contribution in [3.63, 3.8) is 0 Å². The maximum Gasteiger partial charge on any atom is 0.252 e. The van der Waals surface area contributed by atoms with Gasteiger partial charge in [-0.1, -0.05) is 12.1 Å². The average Bonchev–Trinajstić information content (AvgIpc) is 3.19. The Kier molecular flexibility index (Phi) is 5.69. The second kappa shape index (κ2) is 8.03. The van der Waals surface area contributed by atoms with Crippen LogP contribution < -0.4 is 15.4 Å². The van der Waals surface area contributed by atoms with Gasteiger partial charge in [-0.25, -0.2) is 0 Å². The zero-order chi connectivity index (χ0) is 22.4. The normalized spacial score (nSPS) is 32.6. The number of carbonyl (C=O) groups excluding carboxylic acids is 2. The summed E-state index contributed by atoms with van der Waals surface area (Å²) < 4.78 is 34.7. The molecule has 0 radical (unpaired) electrons. The summed E-state index contributed by atoms with van der Waals surface area (Å²) in [5, 5.41) is 5.31. The topological polar surface area (TPSA) is 114 Å². The maximum absolute atomic E-state index is 12.9. The van der Waals surface area contributed by atoms with E-state index in [0.29, 0.717) is 11.4 Å². The predicted octanol–water partition coefficient (Wildman–Crippen LogP) is 1.15. The van der Waals surface area contributed by atoms with E-state index in [9.17, 15) is 9.59 Å². The molecule has 31 heavy (non-hydrogen) atoms. The Labute approximate surface area is 180 Å². The third-order valence-corrected chi connectivity index (χ3v) is 5.22. The number of carbonyl (C=O) groups is 2. The molecule has 2 N–H and O–H groups in total. The first-order valence-electron chi connectivity index (χ1n) is 10.2. The lowest BCUT2D eigenvalue weighted by atomic mass is 9.98. The van der Waals surface area contributed by atoms with Crippen molar-refractivity contribution in [1.82, 2.24) is 5.32 Å². The molecule has 10 nitrogen and oxygen atoms in total. The van der Waals surface area contributed by atoms with E-state index in [1.807, 2.05) is 0 Å². The Morgan fingerprint density at radius 2 is 1.61 bits per heavy atom. The molecule has 3 fully saturated rings. The summed E-state index contributed by atoms with van der Waals surface area (Å²) in [5.74, 6) is -2.18.